The van der Waals surface area contributed by atoms with Crippen molar-refractivity contribution in [2.75, 3.05) is 32.8 Å². The second-order valence-electron chi connectivity index (χ2n) is 7.56. The molecule has 0 bridgehead atoms. The van der Waals surface area contributed by atoms with Crippen molar-refractivity contribution in [3.8, 4) is 11.5 Å². The van der Waals surface area contributed by atoms with Gasteiger partial charge in [-0.3, -0.25) is 14.5 Å². The maximum atomic E-state index is 12.4. The summed E-state index contributed by atoms with van der Waals surface area (Å²) in [6.07, 6.45) is 2.84. The van der Waals surface area contributed by atoms with Gasteiger partial charge in [-0.15, -0.1) is 0 Å². The molecular weight excluding hydrogens is 332 g/mol. The number of amides is 1. The van der Waals surface area contributed by atoms with E-state index >= 15 is 0 Å². The van der Waals surface area contributed by atoms with E-state index in [9.17, 15) is 9.59 Å². The van der Waals surface area contributed by atoms with Gasteiger partial charge < -0.3 is 14.8 Å². The van der Waals surface area contributed by atoms with Crippen molar-refractivity contribution in [3.05, 3.63) is 23.8 Å². The van der Waals surface area contributed by atoms with E-state index in [0.29, 0.717) is 36.8 Å². The highest BCUT2D eigenvalue weighted by molar-refractivity contribution is 5.98. The summed E-state index contributed by atoms with van der Waals surface area (Å²) in [6, 6.07) is 5.18. The van der Waals surface area contributed by atoms with Gasteiger partial charge in [0.2, 0.25) is 5.91 Å². The first kappa shape index (κ1) is 18.7. The molecule has 26 heavy (non-hydrogen) atoms. The summed E-state index contributed by atoms with van der Waals surface area (Å²) in [5, 5.41) is 2.98. The van der Waals surface area contributed by atoms with Gasteiger partial charge in [-0.05, 0) is 58.0 Å². The van der Waals surface area contributed by atoms with Gasteiger partial charge >= 0.3 is 0 Å². The molecular formula is C20H28N2O4. The van der Waals surface area contributed by atoms with E-state index in [1.54, 1.807) is 18.2 Å². The minimum absolute atomic E-state index is 0.0496. The van der Waals surface area contributed by atoms with Gasteiger partial charge in [0.05, 0.1) is 0 Å². The molecule has 1 fully saturated rings. The van der Waals surface area contributed by atoms with E-state index in [4.69, 9.17) is 9.47 Å². The Morgan fingerprint density at radius 1 is 1.08 bits per heavy atom. The number of rotatable bonds is 7. The first-order valence-electron chi connectivity index (χ1n) is 9.40. The van der Waals surface area contributed by atoms with Gasteiger partial charge in [0.15, 0.2) is 17.3 Å². The molecule has 0 atom stereocenters. The Balaban J connectivity index is 1.46. The van der Waals surface area contributed by atoms with Crippen LogP contribution < -0.4 is 14.8 Å². The molecule has 1 N–H and O–H groups in total. The normalized spacial score (nSPS) is 17.2. The maximum absolute atomic E-state index is 12.4. The summed E-state index contributed by atoms with van der Waals surface area (Å²) >= 11 is 0. The third kappa shape index (κ3) is 4.55. The number of nitrogens with one attached hydrogen (secondary N) is 1. The van der Waals surface area contributed by atoms with Crippen molar-refractivity contribution >= 4 is 11.7 Å². The molecule has 6 heteroatoms. The number of fused-ring (bicyclic) bond motifs is 1. The maximum Gasteiger partial charge on any atom is 0.220 e. The molecule has 1 aromatic carbocycles. The highest BCUT2D eigenvalue weighted by atomic mass is 16.6. The van der Waals surface area contributed by atoms with Crippen LogP contribution in [0.2, 0.25) is 0 Å². The molecule has 0 unspecified atom stereocenters. The fraction of sp³-hybridized carbons (Fsp3) is 0.600. The zero-order valence-corrected chi connectivity index (χ0v) is 15.7. The molecule has 3 rings (SSSR count). The van der Waals surface area contributed by atoms with Crippen LogP contribution >= 0.6 is 0 Å². The average molecular weight is 360 g/mol. The molecule has 0 spiro atoms. The predicted molar refractivity (Wildman–Crippen MR) is 98.9 cm³/mol. The molecule has 1 aromatic rings. The highest BCUT2D eigenvalue weighted by Crippen LogP contribution is 2.31. The first-order valence-corrected chi connectivity index (χ1v) is 9.40. The first-order chi connectivity index (χ1) is 12.5. The third-order valence-electron chi connectivity index (χ3n) is 5.12. The van der Waals surface area contributed by atoms with Crippen LogP contribution in [0.4, 0.5) is 0 Å². The number of benzene rings is 1. The van der Waals surface area contributed by atoms with Crippen molar-refractivity contribution < 1.29 is 19.1 Å². The minimum atomic E-state index is -0.0804. The number of likely N-dealkylation sites (tertiary alicyclic amines) is 1. The number of carbonyl (C=O) groups excluding carboxylic acids is 2. The minimum Gasteiger partial charge on any atom is -0.486 e. The van der Waals surface area contributed by atoms with Crippen molar-refractivity contribution in [2.45, 2.75) is 45.1 Å². The SMILES string of the molecule is CC(C)(CNC(=O)CCC(=O)c1ccc2c(c1)OCCO2)N1CCCC1. The van der Waals surface area contributed by atoms with Crippen LogP contribution in [0.25, 0.3) is 0 Å². The van der Waals surface area contributed by atoms with E-state index in [1.165, 1.54) is 12.8 Å². The smallest absolute Gasteiger partial charge is 0.220 e. The molecule has 142 valence electrons. The van der Waals surface area contributed by atoms with Crippen LogP contribution in [-0.2, 0) is 4.79 Å². The number of ether oxygens (including phenoxy) is 2. The van der Waals surface area contributed by atoms with E-state index in [0.717, 1.165) is 13.1 Å². The lowest BCUT2D eigenvalue weighted by Crippen LogP contribution is -2.50. The summed E-state index contributed by atoms with van der Waals surface area (Å²) in [5.74, 6) is 1.12. The van der Waals surface area contributed by atoms with Crippen LogP contribution in [-0.4, -0.2) is 55.0 Å². The van der Waals surface area contributed by atoms with Crippen LogP contribution in [0.5, 0.6) is 11.5 Å². The fourth-order valence-corrected chi connectivity index (χ4v) is 3.43. The summed E-state index contributed by atoms with van der Waals surface area (Å²) in [4.78, 5) is 26.9. The zero-order valence-electron chi connectivity index (χ0n) is 15.7. The van der Waals surface area contributed by atoms with Gasteiger partial charge in [-0.25, -0.2) is 0 Å². The van der Waals surface area contributed by atoms with Crippen LogP contribution in [0.15, 0.2) is 18.2 Å². The largest absolute Gasteiger partial charge is 0.486 e. The fourth-order valence-electron chi connectivity index (χ4n) is 3.43. The summed E-state index contributed by atoms with van der Waals surface area (Å²) in [7, 11) is 0. The summed E-state index contributed by atoms with van der Waals surface area (Å²) in [5.41, 5.74) is 0.505. The molecule has 0 radical (unpaired) electrons. The van der Waals surface area contributed by atoms with Gasteiger partial charge in [-0.1, -0.05) is 0 Å². The molecule has 1 saturated heterocycles. The molecule has 0 aliphatic carbocycles. The van der Waals surface area contributed by atoms with Gasteiger partial charge in [0.25, 0.3) is 0 Å². The van der Waals surface area contributed by atoms with E-state index in [2.05, 4.69) is 24.1 Å². The van der Waals surface area contributed by atoms with E-state index < -0.39 is 0 Å². The van der Waals surface area contributed by atoms with Gasteiger partial charge in [0.1, 0.15) is 13.2 Å². The molecule has 2 heterocycles. The average Bonchev–Trinajstić information content (AvgIpc) is 3.20. The number of nitrogens with zero attached hydrogens (tertiary/aromatic N) is 1. The van der Waals surface area contributed by atoms with Crippen LogP contribution in [0.3, 0.4) is 0 Å². The van der Waals surface area contributed by atoms with Crippen molar-refractivity contribution in [2.24, 2.45) is 0 Å². The van der Waals surface area contributed by atoms with Gasteiger partial charge in [0, 0.05) is 30.5 Å². The standard InChI is InChI=1S/C20H28N2O4/c1-20(2,22-9-3-4-10-22)14-21-19(24)8-6-16(23)15-5-7-17-18(13-15)26-12-11-25-17/h5,7,13H,3-4,6,8-12,14H2,1-2H3,(H,21,24). The van der Waals surface area contributed by atoms with E-state index in [-0.39, 0.29) is 30.1 Å². The quantitative estimate of drug-likeness (QED) is 0.757. The lowest BCUT2D eigenvalue weighted by Gasteiger charge is -2.35. The molecule has 0 saturated carbocycles. The van der Waals surface area contributed by atoms with Crippen LogP contribution in [0.1, 0.15) is 49.9 Å². The second kappa shape index (κ2) is 8.08. The van der Waals surface area contributed by atoms with Gasteiger partial charge in [-0.2, -0.15) is 0 Å². The molecule has 6 nitrogen and oxygen atoms in total. The second-order valence-corrected chi connectivity index (χ2v) is 7.56. The third-order valence-corrected chi connectivity index (χ3v) is 5.12. The number of ketones is 1. The Hall–Kier alpha value is -2.08. The van der Waals surface area contributed by atoms with Crippen LogP contribution in [0, 0.1) is 0 Å². The molecule has 2 aliphatic rings. The number of carbonyl (C=O) groups is 2. The Morgan fingerprint density at radius 2 is 1.77 bits per heavy atom. The van der Waals surface area contributed by atoms with Crippen molar-refractivity contribution in [3.63, 3.8) is 0 Å². The predicted octanol–water partition coefficient (Wildman–Crippen LogP) is 2.41. The topological polar surface area (TPSA) is 67.9 Å². The Morgan fingerprint density at radius 3 is 2.50 bits per heavy atom. The number of Topliss-reactive ketones (excluding diaryl/α,β-unsaturated/α-hetero) is 1. The molecule has 0 aromatic heterocycles. The Kier molecular flexibility index (Phi) is 5.81. The molecule has 2 aliphatic heterocycles. The lowest BCUT2D eigenvalue weighted by atomic mass is 10.0. The van der Waals surface area contributed by atoms with Crippen molar-refractivity contribution in [1.29, 1.82) is 0 Å². The summed E-state index contributed by atoms with van der Waals surface area (Å²) < 4.78 is 11.0. The Bertz CT molecular complexity index is 666. The Labute approximate surface area is 154 Å². The zero-order chi connectivity index (χ0) is 18.6. The number of hydrogen-bond donors (Lipinski definition) is 1. The monoisotopic (exact) mass is 360 g/mol. The number of hydrogen-bond acceptors (Lipinski definition) is 5. The molecule has 1 amide bonds. The van der Waals surface area contributed by atoms with E-state index in [1.807, 2.05) is 0 Å². The summed E-state index contributed by atoms with van der Waals surface area (Å²) in [6.45, 7) is 8.09. The lowest BCUT2D eigenvalue weighted by molar-refractivity contribution is -0.121. The van der Waals surface area contributed by atoms with Crippen molar-refractivity contribution in [1.82, 2.24) is 10.2 Å². The highest BCUT2D eigenvalue weighted by Gasteiger charge is 2.29.